The number of para-hydroxylation sites is 1. The molecular formula is C17H26N4. The third-order valence-electron chi connectivity index (χ3n) is 3.74. The summed E-state index contributed by atoms with van der Waals surface area (Å²) < 4.78 is 1.97. The van der Waals surface area contributed by atoms with Gasteiger partial charge in [-0.3, -0.25) is 4.68 Å². The maximum Gasteiger partial charge on any atom is 0.0625 e. The number of nitrogens with one attached hydrogen (secondary N) is 1. The number of rotatable bonds is 8. The van der Waals surface area contributed by atoms with Crippen molar-refractivity contribution >= 4 is 5.69 Å². The lowest BCUT2D eigenvalue weighted by molar-refractivity contribution is 0.604. The highest BCUT2D eigenvalue weighted by Crippen LogP contribution is 2.10. The second-order valence-electron chi connectivity index (χ2n) is 5.39. The summed E-state index contributed by atoms with van der Waals surface area (Å²) in [6.45, 7) is 5.10. The number of aryl methyl sites for hydroxylation is 2. The average Bonchev–Trinajstić information content (AvgIpc) is 2.88. The highest BCUT2D eigenvalue weighted by atomic mass is 15.3. The Morgan fingerprint density at radius 3 is 2.67 bits per heavy atom. The molecule has 0 aliphatic rings. The van der Waals surface area contributed by atoms with Crippen molar-refractivity contribution in [3.63, 3.8) is 0 Å². The molecule has 1 N–H and O–H groups in total. The first-order valence-electron chi connectivity index (χ1n) is 7.69. The van der Waals surface area contributed by atoms with Gasteiger partial charge in [0.05, 0.1) is 11.4 Å². The number of anilines is 1. The summed E-state index contributed by atoms with van der Waals surface area (Å²) in [7, 11) is 4.16. The van der Waals surface area contributed by atoms with E-state index in [1.54, 1.807) is 0 Å². The maximum atomic E-state index is 4.46. The quantitative estimate of drug-likeness (QED) is 0.757. The van der Waals surface area contributed by atoms with Gasteiger partial charge in [0.2, 0.25) is 0 Å². The van der Waals surface area contributed by atoms with Crippen molar-refractivity contribution in [1.29, 1.82) is 0 Å². The SMILES string of the molecule is CCc1cc(CNCCCN(C)c2ccccc2)n(C)n1. The fourth-order valence-corrected chi connectivity index (χ4v) is 2.38. The fourth-order valence-electron chi connectivity index (χ4n) is 2.38. The van der Waals surface area contributed by atoms with Gasteiger partial charge < -0.3 is 10.2 Å². The predicted octanol–water partition coefficient (Wildman–Crippen LogP) is 2.60. The molecule has 4 heteroatoms. The Kier molecular flexibility index (Phi) is 5.81. The molecule has 2 rings (SSSR count). The lowest BCUT2D eigenvalue weighted by Crippen LogP contribution is -2.24. The van der Waals surface area contributed by atoms with Crippen molar-refractivity contribution in [2.45, 2.75) is 26.3 Å². The average molecular weight is 286 g/mol. The number of nitrogens with zero attached hydrogens (tertiary/aromatic N) is 3. The summed E-state index contributed by atoms with van der Waals surface area (Å²) in [5.41, 5.74) is 3.69. The Hall–Kier alpha value is -1.81. The van der Waals surface area contributed by atoms with Crippen LogP contribution in [0.15, 0.2) is 36.4 Å². The van der Waals surface area contributed by atoms with E-state index in [4.69, 9.17) is 0 Å². The lowest BCUT2D eigenvalue weighted by Gasteiger charge is -2.19. The molecule has 21 heavy (non-hydrogen) atoms. The zero-order chi connectivity index (χ0) is 15.1. The topological polar surface area (TPSA) is 33.1 Å². The molecule has 1 heterocycles. The second kappa shape index (κ2) is 7.84. The van der Waals surface area contributed by atoms with Gasteiger partial charge in [0.25, 0.3) is 0 Å². The molecule has 0 radical (unpaired) electrons. The summed E-state index contributed by atoms with van der Waals surface area (Å²) in [4.78, 5) is 2.29. The minimum Gasteiger partial charge on any atom is -0.375 e. The van der Waals surface area contributed by atoms with Crippen LogP contribution in [0.1, 0.15) is 24.7 Å². The van der Waals surface area contributed by atoms with Crippen LogP contribution in [-0.4, -0.2) is 29.9 Å². The van der Waals surface area contributed by atoms with Gasteiger partial charge in [-0.25, -0.2) is 0 Å². The maximum absolute atomic E-state index is 4.46. The van der Waals surface area contributed by atoms with Gasteiger partial charge >= 0.3 is 0 Å². The van der Waals surface area contributed by atoms with E-state index in [-0.39, 0.29) is 0 Å². The summed E-state index contributed by atoms with van der Waals surface area (Å²) in [5.74, 6) is 0. The van der Waals surface area contributed by atoms with E-state index in [0.717, 1.165) is 38.2 Å². The molecule has 1 aromatic carbocycles. The highest BCUT2D eigenvalue weighted by molar-refractivity contribution is 5.44. The molecule has 0 saturated heterocycles. The highest BCUT2D eigenvalue weighted by Gasteiger charge is 2.03. The summed E-state index contributed by atoms with van der Waals surface area (Å²) in [6, 6.07) is 12.7. The molecule has 1 aromatic heterocycles. The van der Waals surface area contributed by atoms with E-state index in [9.17, 15) is 0 Å². The molecule has 0 fully saturated rings. The summed E-state index contributed by atoms with van der Waals surface area (Å²) in [6.07, 6.45) is 2.12. The number of aromatic nitrogens is 2. The van der Waals surface area contributed by atoms with Crippen LogP contribution in [0.25, 0.3) is 0 Å². The van der Waals surface area contributed by atoms with Gasteiger partial charge in [-0.05, 0) is 37.6 Å². The Morgan fingerprint density at radius 1 is 1.24 bits per heavy atom. The van der Waals surface area contributed by atoms with Crippen LogP contribution >= 0.6 is 0 Å². The second-order valence-corrected chi connectivity index (χ2v) is 5.39. The van der Waals surface area contributed by atoms with E-state index in [1.165, 1.54) is 11.4 Å². The van der Waals surface area contributed by atoms with Gasteiger partial charge in [-0.1, -0.05) is 25.1 Å². The zero-order valence-electron chi connectivity index (χ0n) is 13.3. The first-order valence-corrected chi connectivity index (χ1v) is 7.69. The largest absolute Gasteiger partial charge is 0.375 e. The molecule has 0 spiro atoms. The number of benzene rings is 1. The van der Waals surface area contributed by atoms with Crippen LogP contribution < -0.4 is 10.2 Å². The number of hydrogen-bond acceptors (Lipinski definition) is 3. The van der Waals surface area contributed by atoms with Crippen LogP contribution in [0, 0.1) is 0 Å². The van der Waals surface area contributed by atoms with Crippen molar-refractivity contribution in [2.24, 2.45) is 7.05 Å². The minimum absolute atomic E-state index is 0.887. The van der Waals surface area contributed by atoms with Crippen molar-refractivity contribution in [1.82, 2.24) is 15.1 Å². The molecule has 0 bridgehead atoms. The third-order valence-corrected chi connectivity index (χ3v) is 3.74. The van der Waals surface area contributed by atoms with Crippen molar-refractivity contribution in [3.8, 4) is 0 Å². The number of hydrogen-bond donors (Lipinski definition) is 1. The standard InChI is InChI=1S/C17H26N4/c1-4-15-13-17(21(3)19-15)14-18-11-8-12-20(2)16-9-6-5-7-10-16/h5-7,9-10,13,18H,4,8,11-12,14H2,1-3H3. The van der Waals surface area contributed by atoms with Gasteiger partial charge in [0.1, 0.15) is 0 Å². The van der Waals surface area contributed by atoms with Crippen LogP contribution in [0.4, 0.5) is 5.69 Å². The summed E-state index contributed by atoms with van der Waals surface area (Å²) >= 11 is 0. The molecule has 0 unspecified atom stereocenters. The molecule has 114 valence electrons. The van der Waals surface area contributed by atoms with Gasteiger partial charge in [-0.15, -0.1) is 0 Å². The molecule has 4 nitrogen and oxygen atoms in total. The Balaban J connectivity index is 1.67. The molecule has 0 atom stereocenters. The lowest BCUT2D eigenvalue weighted by atomic mass is 10.3. The minimum atomic E-state index is 0.887. The molecule has 2 aromatic rings. The first kappa shape index (κ1) is 15.6. The molecule has 0 amide bonds. The van der Waals surface area contributed by atoms with Gasteiger partial charge in [-0.2, -0.15) is 5.10 Å². The van der Waals surface area contributed by atoms with Crippen LogP contribution in [0.5, 0.6) is 0 Å². The monoisotopic (exact) mass is 286 g/mol. The van der Waals surface area contributed by atoms with Gasteiger partial charge in [0, 0.05) is 32.9 Å². The van der Waals surface area contributed by atoms with E-state index >= 15 is 0 Å². The normalized spacial score (nSPS) is 10.8. The fraction of sp³-hybridized carbons (Fsp3) is 0.471. The van der Waals surface area contributed by atoms with Crippen molar-refractivity contribution in [2.75, 3.05) is 25.0 Å². The van der Waals surface area contributed by atoms with E-state index < -0.39 is 0 Å². The zero-order valence-corrected chi connectivity index (χ0v) is 13.3. The molecular weight excluding hydrogens is 260 g/mol. The van der Waals surface area contributed by atoms with E-state index in [2.05, 4.69) is 65.7 Å². The van der Waals surface area contributed by atoms with Crippen LogP contribution in [0.3, 0.4) is 0 Å². The Morgan fingerprint density at radius 2 is 2.00 bits per heavy atom. The molecule has 0 aliphatic carbocycles. The van der Waals surface area contributed by atoms with Crippen molar-refractivity contribution < 1.29 is 0 Å². The Labute approximate surface area is 127 Å². The van der Waals surface area contributed by atoms with E-state index in [1.807, 2.05) is 11.7 Å². The van der Waals surface area contributed by atoms with Gasteiger partial charge in [0.15, 0.2) is 0 Å². The van der Waals surface area contributed by atoms with Crippen molar-refractivity contribution in [3.05, 3.63) is 47.8 Å². The van der Waals surface area contributed by atoms with Crippen LogP contribution in [-0.2, 0) is 20.0 Å². The third kappa shape index (κ3) is 4.60. The van der Waals surface area contributed by atoms with Crippen LogP contribution in [0.2, 0.25) is 0 Å². The predicted molar refractivity (Wildman–Crippen MR) is 88.6 cm³/mol. The van der Waals surface area contributed by atoms with E-state index in [0.29, 0.717) is 0 Å². The summed E-state index contributed by atoms with van der Waals surface area (Å²) in [5, 5.41) is 7.96. The molecule has 0 aliphatic heterocycles. The smallest absolute Gasteiger partial charge is 0.0625 e. The molecule has 0 saturated carbocycles. The first-order chi connectivity index (χ1) is 10.2. The Bertz CT molecular complexity index is 533.